The first-order chi connectivity index (χ1) is 11.2. The largest absolute Gasteiger partial charge is 0.490 e. The highest BCUT2D eigenvalue weighted by atomic mass is 79.9. The lowest BCUT2D eigenvalue weighted by molar-refractivity contribution is -0.159. The molecule has 0 radical (unpaired) electrons. The van der Waals surface area contributed by atoms with Gasteiger partial charge in [-0.1, -0.05) is 19.9 Å². The Hall–Kier alpha value is -1.64. The van der Waals surface area contributed by atoms with Gasteiger partial charge in [-0.25, -0.2) is 9.59 Å². The predicted molar refractivity (Wildman–Crippen MR) is 93.6 cm³/mol. The van der Waals surface area contributed by atoms with Gasteiger partial charge in [-0.05, 0) is 40.5 Å². The van der Waals surface area contributed by atoms with E-state index in [-0.39, 0.29) is 0 Å². The summed E-state index contributed by atoms with van der Waals surface area (Å²) in [4.78, 5) is 18.2. The molecule has 0 aliphatic heterocycles. The van der Waals surface area contributed by atoms with Crippen LogP contribution in [0.15, 0.2) is 22.7 Å². The fraction of sp³-hybridized carbons (Fsp3) is 0.500. The van der Waals surface area contributed by atoms with Gasteiger partial charge in [0, 0.05) is 12.6 Å². The van der Waals surface area contributed by atoms with Crippen molar-refractivity contribution in [2.75, 3.05) is 26.4 Å². The molecule has 0 saturated heterocycles. The molecule has 3 N–H and O–H groups in total. The Balaban J connectivity index is 0.000000754. The van der Waals surface area contributed by atoms with Crippen LogP contribution in [0.1, 0.15) is 19.4 Å². The van der Waals surface area contributed by atoms with Crippen LogP contribution in [-0.2, 0) is 14.3 Å². The fourth-order valence-electron chi connectivity index (χ4n) is 1.46. The zero-order valence-electron chi connectivity index (χ0n) is 14.0. The molecule has 136 valence electrons. The summed E-state index contributed by atoms with van der Waals surface area (Å²) in [5, 5.41) is 18.1. The lowest BCUT2D eigenvalue weighted by Gasteiger charge is -2.10. The lowest BCUT2D eigenvalue weighted by Crippen LogP contribution is -2.27. The minimum absolute atomic E-state index is 0.508. The van der Waals surface area contributed by atoms with Gasteiger partial charge in [0.1, 0.15) is 12.4 Å². The van der Waals surface area contributed by atoms with Crippen LogP contribution in [0, 0.1) is 6.92 Å². The Kier molecular flexibility index (Phi) is 11.9. The highest BCUT2D eigenvalue weighted by molar-refractivity contribution is 9.10. The zero-order valence-corrected chi connectivity index (χ0v) is 15.6. The number of benzene rings is 1. The second kappa shape index (κ2) is 12.7. The third-order valence-electron chi connectivity index (χ3n) is 2.55. The van der Waals surface area contributed by atoms with Gasteiger partial charge in [-0.2, -0.15) is 0 Å². The van der Waals surface area contributed by atoms with E-state index in [1.165, 1.54) is 5.56 Å². The Morgan fingerprint density at radius 2 is 1.79 bits per heavy atom. The van der Waals surface area contributed by atoms with Crippen molar-refractivity contribution in [3.8, 4) is 5.75 Å². The second-order valence-electron chi connectivity index (χ2n) is 5.11. The van der Waals surface area contributed by atoms with Crippen LogP contribution in [0.4, 0.5) is 0 Å². The van der Waals surface area contributed by atoms with Gasteiger partial charge in [0.05, 0.1) is 17.7 Å². The number of nitrogens with one attached hydrogen (secondary N) is 1. The average Bonchev–Trinajstić information content (AvgIpc) is 2.48. The summed E-state index contributed by atoms with van der Waals surface area (Å²) in [6, 6.07) is 6.56. The van der Waals surface area contributed by atoms with Crippen molar-refractivity contribution in [1.29, 1.82) is 0 Å². The van der Waals surface area contributed by atoms with Crippen LogP contribution in [0.5, 0.6) is 5.75 Å². The molecule has 1 aromatic carbocycles. The standard InChI is InChI=1S/C14H22BrNO2.C2H2O4/c1-11(2)16-6-7-17-8-9-18-14-5-4-12(3)10-13(14)15;3-1(4)2(5)6/h4-5,10-11,16H,6-9H2,1-3H3;(H,3,4)(H,5,6). The molecule has 0 saturated carbocycles. The van der Waals surface area contributed by atoms with Crippen molar-refractivity contribution in [2.24, 2.45) is 0 Å². The van der Waals surface area contributed by atoms with Gasteiger partial charge < -0.3 is 25.0 Å². The number of halogens is 1. The first-order valence-electron chi connectivity index (χ1n) is 7.40. The lowest BCUT2D eigenvalue weighted by atomic mass is 10.2. The van der Waals surface area contributed by atoms with E-state index in [0.29, 0.717) is 19.3 Å². The zero-order chi connectivity index (χ0) is 18.5. The molecule has 0 bridgehead atoms. The smallest absolute Gasteiger partial charge is 0.414 e. The Morgan fingerprint density at radius 1 is 1.17 bits per heavy atom. The molecular formula is C16H24BrNO6. The topological polar surface area (TPSA) is 105 Å². The van der Waals surface area contributed by atoms with E-state index in [1.54, 1.807) is 0 Å². The summed E-state index contributed by atoms with van der Waals surface area (Å²) in [6.45, 7) is 9.08. The Morgan fingerprint density at radius 3 is 2.29 bits per heavy atom. The van der Waals surface area contributed by atoms with E-state index in [4.69, 9.17) is 29.3 Å². The van der Waals surface area contributed by atoms with Gasteiger partial charge in [-0.3, -0.25) is 0 Å². The normalized spacial score (nSPS) is 10.0. The van der Waals surface area contributed by atoms with E-state index in [9.17, 15) is 0 Å². The first kappa shape index (κ1) is 22.4. The van der Waals surface area contributed by atoms with E-state index < -0.39 is 11.9 Å². The molecule has 8 heteroatoms. The SMILES string of the molecule is Cc1ccc(OCCOCCNC(C)C)c(Br)c1.O=C(O)C(=O)O. The maximum absolute atomic E-state index is 9.10. The molecular weight excluding hydrogens is 382 g/mol. The van der Waals surface area contributed by atoms with Gasteiger partial charge >= 0.3 is 11.9 Å². The van der Waals surface area contributed by atoms with Crippen molar-refractivity contribution >= 4 is 27.9 Å². The third kappa shape index (κ3) is 11.9. The van der Waals surface area contributed by atoms with Gasteiger partial charge in [0.25, 0.3) is 0 Å². The summed E-state index contributed by atoms with van der Waals surface area (Å²) < 4.78 is 12.1. The number of carboxylic acids is 2. The highest BCUT2D eigenvalue weighted by Crippen LogP contribution is 2.25. The molecule has 0 unspecified atom stereocenters. The number of aryl methyl sites for hydroxylation is 1. The highest BCUT2D eigenvalue weighted by Gasteiger charge is 2.04. The molecule has 0 atom stereocenters. The number of carboxylic acid groups (broad SMARTS) is 2. The van der Waals surface area contributed by atoms with Gasteiger partial charge in [-0.15, -0.1) is 0 Å². The van der Waals surface area contributed by atoms with Crippen molar-refractivity contribution in [3.05, 3.63) is 28.2 Å². The molecule has 1 rings (SSSR count). The monoisotopic (exact) mass is 405 g/mol. The summed E-state index contributed by atoms with van der Waals surface area (Å²) >= 11 is 3.48. The number of hydrogen-bond donors (Lipinski definition) is 3. The van der Waals surface area contributed by atoms with Crippen molar-refractivity contribution in [2.45, 2.75) is 26.8 Å². The minimum Gasteiger partial charge on any atom is -0.490 e. The molecule has 7 nitrogen and oxygen atoms in total. The Labute approximate surface area is 150 Å². The van der Waals surface area contributed by atoms with Crippen LogP contribution in [0.25, 0.3) is 0 Å². The van der Waals surface area contributed by atoms with Crippen LogP contribution in [-0.4, -0.2) is 54.6 Å². The van der Waals surface area contributed by atoms with Crippen molar-refractivity contribution in [3.63, 3.8) is 0 Å². The molecule has 0 heterocycles. The maximum Gasteiger partial charge on any atom is 0.414 e. The number of rotatable bonds is 8. The number of ether oxygens (including phenoxy) is 2. The molecule has 0 spiro atoms. The molecule has 0 fully saturated rings. The number of aliphatic carboxylic acids is 2. The fourth-order valence-corrected chi connectivity index (χ4v) is 2.06. The second-order valence-corrected chi connectivity index (χ2v) is 5.97. The van der Waals surface area contributed by atoms with Gasteiger partial charge in [0.15, 0.2) is 0 Å². The van der Waals surface area contributed by atoms with Crippen LogP contribution >= 0.6 is 15.9 Å². The summed E-state index contributed by atoms with van der Waals surface area (Å²) in [6.07, 6.45) is 0. The molecule has 0 amide bonds. The first-order valence-corrected chi connectivity index (χ1v) is 8.19. The van der Waals surface area contributed by atoms with E-state index in [2.05, 4.69) is 42.0 Å². The summed E-state index contributed by atoms with van der Waals surface area (Å²) in [5.41, 5.74) is 1.21. The van der Waals surface area contributed by atoms with E-state index >= 15 is 0 Å². The van der Waals surface area contributed by atoms with Crippen molar-refractivity contribution < 1.29 is 29.3 Å². The number of carbonyl (C=O) groups is 2. The molecule has 0 aliphatic rings. The molecule has 0 aliphatic carbocycles. The average molecular weight is 406 g/mol. The molecule has 24 heavy (non-hydrogen) atoms. The molecule has 0 aromatic heterocycles. The quantitative estimate of drug-likeness (QED) is 0.450. The van der Waals surface area contributed by atoms with Crippen LogP contribution in [0.2, 0.25) is 0 Å². The molecule has 1 aromatic rings. The third-order valence-corrected chi connectivity index (χ3v) is 3.17. The van der Waals surface area contributed by atoms with Crippen molar-refractivity contribution in [1.82, 2.24) is 5.32 Å². The van der Waals surface area contributed by atoms with Crippen LogP contribution in [0.3, 0.4) is 0 Å². The number of hydrogen-bond acceptors (Lipinski definition) is 5. The predicted octanol–water partition coefficient (Wildman–Crippen LogP) is 2.31. The Bertz CT molecular complexity index is 509. The summed E-state index contributed by atoms with van der Waals surface area (Å²) in [7, 11) is 0. The van der Waals surface area contributed by atoms with Crippen LogP contribution < -0.4 is 10.1 Å². The van der Waals surface area contributed by atoms with E-state index in [1.807, 2.05) is 18.2 Å². The van der Waals surface area contributed by atoms with E-state index in [0.717, 1.165) is 23.4 Å². The summed E-state index contributed by atoms with van der Waals surface area (Å²) in [5.74, 6) is -2.78. The maximum atomic E-state index is 9.10. The van der Waals surface area contributed by atoms with Gasteiger partial charge in [0.2, 0.25) is 0 Å². The minimum atomic E-state index is -1.82.